The molecule has 6 heteroatoms. The van der Waals surface area contributed by atoms with Crippen molar-refractivity contribution in [2.75, 3.05) is 47.1 Å². The van der Waals surface area contributed by atoms with E-state index in [1.165, 1.54) is 0 Å². The summed E-state index contributed by atoms with van der Waals surface area (Å²) in [4.78, 5) is 13.6. The lowest BCUT2D eigenvalue weighted by atomic mass is 10.2. The normalized spacial score (nSPS) is 9.82. The monoisotopic (exact) mass is 268 g/mol. The van der Waals surface area contributed by atoms with Crippen LogP contribution in [0.4, 0.5) is 0 Å². The van der Waals surface area contributed by atoms with Crippen molar-refractivity contribution >= 4 is 18.3 Å². The van der Waals surface area contributed by atoms with Gasteiger partial charge in [-0.05, 0) is 19.4 Å². The van der Waals surface area contributed by atoms with Crippen LogP contribution in [0.15, 0.2) is 0 Å². The van der Waals surface area contributed by atoms with E-state index in [-0.39, 0.29) is 18.3 Å². The Bertz CT molecular complexity index is 182. The van der Waals surface area contributed by atoms with E-state index in [4.69, 9.17) is 15.2 Å². The van der Waals surface area contributed by atoms with Crippen LogP contribution >= 0.6 is 12.4 Å². The predicted octanol–water partition coefficient (Wildman–Crippen LogP) is 0.659. The maximum atomic E-state index is 11.8. The van der Waals surface area contributed by atoms with Crippen LogP contribution in [0, 0.1) is 0 Å². The molecule has 17 heavy (non-hydrogen) atoms. The summed E-state index contributed by atoms with van der Waals surface area (Å²) in [5, 5.41) is 0. The van der Waals surface area contributed by atoms with Crippen molar-refractivity contribution in [3.63, 3.8) is 0 Å². The third-order valence-electron chi connectivity index (χ3n) is 2.29. The molecule has 0 aliphatic heterocycles. The molecule has 0 aromatic carbocycles. The van der Waals surface area contributed by atoms with Gasteiger partial charge in [-0.15, -0.1) is 12.4 Å². The Morgan fingerprint density at radius 2 is 1.76 bits per heavy atom. The van der Waals surface area contributed by atoms with Gasteiger partial charge in [0, 0.05) is 40.3 Å². The highest BCUT2D eigenvalue weighted by Gasteiger charge is 2.11. The molecule has 0 spiro atoms. The predicted molar refractivity (Wildman–Crippen MR) is 70.5 cm³/mol. The second kappa shape index (κ2) is 13.7. The molecule has 0 fully saturated rings. The standard InChI is InChI=1S/C11H24N2O3.ClH/c1-15-9-4-7-13(8-10-16-2)11(14)5-3-6-12;/h3-10,12H2,1-2H3;1H. The molecule has 0 radical (unpaired) electrons. The van der Waals surface area contributed by atoms with E-state index < -0.39 is 0 Å². The van der Waals surface area contributed by atoms with Crippen molar-refractivity contribution in [2.45, 2.75) is 19.3 Å². The molecule has 0 unspecified atom stereocenters. The number of carbonyl (C=O) groups is 1. The highest BCUT2D eigenvalue weighted by atomic mass is 35.5. The highest BCUT2D eigenvalue weighted by molar-refractivity contribution is 5.85. The lowest BCUT2D eigenvalue weighted by Gasteiger charge is -2.22. The lowest BCUT2D eigenvalue weighted by Crippen LogP contribution is -2.35. The van der Waals surface area contributed by atoms with Crippen molar-refractivity contribution in [2.24, 2.45) is 5.73 Å². The van der Waals surface area contributed by atoms with Crippen LogP contribution in [-0.4, -0.2) is 57.9 Å². The maximum Gasteiger partial charge on any atom is 0.222 e. The molecule has 0 heterocycles. The fourth-order valence-corrected chi connectivity index (χ4v) is 1.37. The van der Waals surface area contributed by atoms with Crippen molar-refractivity contribution < 1.29 is 14.3 Å². The average Bonchev–Trinajstić information content (AvgIpc) is 2.30. The molecule has 0 aliphatic carbocycles. The summed E-state index contributed by atoms with van der Waals surface area (Å²) < 4.78 is 9.95. The van der Waals surface area contributed by atoms with Gasteiger partial charge in [0.1, 0.15) is 0 Å². The van der Waals surface area contributed by atoms with Crippen molar-refractivity contribution in [3.8, 4) is 0 Å². The zero-order valence-electron chi connectivity index (χ0n) is 10.8. The van der Waals surface area contributed by atoms with Gasteiger partial charge < -0.3 is 20.1 Å². The van der Waals surface area contributed by atoms with E-state index in [2.05, 4.69) is 0 Å². The number of rotatable bonds is 10. The minimum absolute atomic E-state index is 0. The third-order valence-corrected chi connectivity index (χ3v) is 2.29. The summed E-state index contributed by atoms with van der Waals surface area (Å²) in [5.41, 5.74) is 5.38. The van der Waals surface area contributed by atoms with Crippen molar-refractivity contribution in [1.29, 1.82) is 0 Å². The van der Waals surface area contributed by atoms with Crippen LogP contribution in [0.25, 0.3) is 0 Å². The lowest BCUT2D eigenvalue weighted by molar-refractivity contribution is -0.132. The summed E-state index contributed by atoms with van der Waals surface area (Å²) >= 11 is 0. The second-order valence-electron chi connectivity index (χ2n) is 3.61. The first-order valence-electron chi connectivity index (χ1n) is 5.72. The summed E-state index contributed by atoms with van der Waals surface area (Å²) in [6.07, 6.45) is 2.12. The van der Waals surface area contributed by atoms with Gasteiger partial charge >= 0.3 is 0 Å². The van der Waals surface area contributed by atoms with Gasteiger partial charge in [-0.2, -0.15) is 0 Å². The Morgan fingerprint density at radius 1 is 1.12 bits per heavy atom. The van der Waals surface area contributed by atoms with Crippen molar-refractivity contribution in [1.82, 2.24) is 4.90 Å². The minimum Gasteiger partial charge on any atom is -0.385 e. The molecule has 104 valence electrons. The SMILES string of the molecule is COCCCN(CCOC)C(=O)CCCN.Cl. The Kier molecular flexibility index (Phi) is 15.3. The quantitative estimate of drug-likeness (QED) is 0.591. The Balaban J connectivity index is 0. The first-order chi connectivity index (χ1) is 7.76. The topological polar surface area (TPSA) is 64.8 Å². The fraction of sp³-hybridized carbons (Fsp3) is 0.909. The summed E-state index contributed by atoms with van der Waals surface area (Å²) in [6.45, 7) is 3.17. The molecule has 0 aliphatic rings. The van der Waals surface area contributed by atoms with Crippen LogP contribution in [0.1, 0.15) is 19.3 Å². The summed E-state index contributed by atoms with van der Waals surface area (Å²) in [6, 6.07) is 0. The number of nitrogens with zero attached hydrogens (tertiary/aromatic N) is 1. The number of hydrogen-bond donors (Lipinski definition) is 1. The van der Waals surface area contributed by atoms with Gasteiger partial charge in [-0.1, -0.05) is 0 Å². The number of amides is 1. The highest BCUT2D eigenvalue weighted by Crippen LogP contribution is 1.99. The molecule has 0 aromatic heterocycles. The van der Waals surface area contributed by atoms with Crippen LogP contribution in [0.3, 0.4) is 0 Å². The zero-order valence-corrected chi connectivity index (χ0v) is 11.6. The molecular formula is C11H25ClN2O3. The zero-order chi connectivity index (χ0) is 12.2. The first-order valence-corrected chi connectivity index (χ1v) is 5.72. The first kappa shape index (κ1) is 19.0. The molecule has 0 rings (SSSR count). The largest absolute Gasteiger partial charge is 0.385 e. The van der Waals surface area contributed by atoms with Gasteiger partial charge in [0.25, 0.3) is 0 Å². The number of nitrogens with two attached hydrogens (primary N) is 1. The van der Waals surface area contributed by atoms with Gasteiger partial charge in [0.05, 0.1) is 6.61 Å². The van der Waals surface area contributed by atoms with E-state index in [9.17, 15) is 4.79 Å². The molecule has 2 N–H and O–H groups in total. The molecule has 1 amide bonds. The van der Waals surface area contributed by atoms with E-state index in [0.29, 0.717) is 32.7 Å². The van der Waals surface area contributed by atoms with Gasteiger partial charge in [-0.3, -0.25) is 4.79 Å². The van der Waals surface area contributed by atoms with Gasteiger partial charge in [-0.25, -0.2) is 0 Å². The molecule has 5 nitrogen and oxygen atoms in total. The van der Waals surface area contributed by atoms with Crippen LogP contribution in [0.5, 0.6) is 0 Å². The van der Waals surface area contributed by atoms with E-state index in [1.807, 2.05) is 4.90 Å². The Hall–Kier alpha value is -0.360. The third kappa shape index (κ3) is 10.5. The fourth-order valence-electron chi connectivity index (χ4n) is 1.37. The van der Waals surface area contributed by atoms with Gasteiger partial charge in [0.2, 0.25) is 5.91 Å². The molecule has 0 atom stereocenters. The van der Waals surface area contributed by atoms with Crippen molar-refractivity contribution in [3.05, 3.63) is 0 Å². The number of hydrogen-bond acceptors (Lipinski definition) is 4. The number of halogens is 1. The van der Waals surface area contributed by atoms with E-state index >= 15 is 0 Å². The molecule has 0 aromatic rings. The van der Waals surface area contributed by atoms with E-state index in [0.717, 1.165) is 19.4 Å². The molecule has 0 bridgehead atoms. The Labute approximate surface area is 110 Å². The molecular weight excluding hydrogens is 244 g/mol. The molecule has 0 saturated carbocycles. The number of carbonyl (C=O) groups excluding carboxylic acids is 1. The second-order valence-corrected chi connectivity index (χ2v) is 3.61. The minimum atomic E-state index is 0. The maximum absolute atomic E-state index is 11.8. The summed E-state index contributed by atoms with van der Waals surface area (Å²) in [7, 11) is 3.30. The summed E-state index contributed by atoms with van der Waals surface area (Å²) in [5.74, 6) is 0.151. The van der Waals surface area contributed by atoms with Crippen LogP contribution in [-0.2, 0) is 14.3 Å². The molecule has 0 saturated heterocycles. The van der Waals surface area contributed by atoms with Crippen LogP contribution in [0.2, 0.25) is 0 Å². The average molecular weight is 269 g/mol. The van der Waals surface area contributed by atoms with Gasteiger partial charge in [0.15, 0.2) is 0 Å². The Morgan fingerprint density at radius 3 is 2.29 bits per heavy atom. The van der Waals surface area contributed by atoms with E-state index in [1.54, 1.807) is 14.2 Å². The smallest absolute Gasteiger partial charge is 0.222 e. The number of ether oxygens (including phenoxy) is 2. The van der Waals surface area contributed by atoms with Crippen LogP contribution < -0.4 is 5.73 Å². The number of methoxy groups -OCH3 is 2.